The molecule has 0 saturated carbocycles. The molecule has 2 N–H and O–H groups in total. The number of nitrogens with one attached hydrogen (secondary N) is 2. The van der Waals surface area contributed by atoms with Gasteiger partial charge in [-0.05, 0) is 44.2 Å². The van der Waals surface area contributed by atoms with E-state index >= 15 is 0 Å². The molecule has 0 atom stereocenters. The second-order valence-electron chi connectivity index (χ2n) is 4.41. The smallest absolute Gasteiger partial charge is 0.257 e. The van der Waals surface area contributed by atoms with Gasteiger partial charge in [-0.2, -0.15) is 0 Å². The monoisotopic (exact) mass is 300 g/mol. The predicted molar refractivity (Wildman–Crippen MR) is 77.3 cm³/mol. The number of carbonyl (C=O) groups excluding carboxylic acids is 1. The zero-order valence-corrected chi connectivity index (χ0v) is 12.7. The van der Waals surface area contributed by atoms with Crippen molar-refractivity contribution in [2.24, 2.45) is 0 Å². The second-order valence-corrected chi connectivity index (χ2v) is 6.45. The fourth-order valence-electron chi connectivity index (χ4n) is 1.43. The molecule has 0 spiro atoms. The van der Waals surface area contributed by atoms with Gasteiger partial charge in [-0.25, -0.2) is 13.1 Å². The van der Waals surface area contributed by atoms with E-state index in [1.165, 1.54) is 7.05 Å². The first-order chi connectivity index (χ1) is 9.34. The lowest BCUT2D eigenvalue weighted by molar-refractivity contribution is -0.122. The minimum atomic E-state index is -3.30. The summed E-state index contributed by atoms with van der Waals surface area (Å²) in [6.07, 6.45) is 0. The molecule has 6 nitrogen and oxygen atoms in total. The number of sulfonamides is 1. The number of benzene rings is 1. The number of aryl methyl sites for hydroxylation is 2. The molecule has 0 bridgehead atoms. The van der Waals surface area contributed by atoms with E-state index in [0.717, 1.165) is 11.1 Å². The summed E-state index contributed by atoms with van der Waals surface area (Å²) in [6, 6.07) is 5.57. The van der Waals surface area contributed by atoms with Crippen LogP contribution in [0.15, 0.2) is 18.2 Å². The molecule has 0 radical (unpaired) electrons. The summed E-state index contributed by atoms with van der Waals surface area (Å²) >= 11 is 0. The molecule has 0 aliphatic rings. The highest BCUT2D eigenvalue weighted by Crippen LogP contribution is 2.16. The van der Waals surface area contributed by atoms with Gasteiger partial charge in [-0.3, -0.25) is 4.79 Å². The zero-order chi connectivity index (χ0) is 15.2. The van der Waals surface area contributed by atoms with Crippen LogP contribution in [0.3, 0.4) is 0 Å². The number of ether oxygens (including phenoxy) is 1. The number of rotatable bonds is 7. The first-order valence-electron chi connectivity index (χ1n) is 6.22. The van der Waals surface area contributed by atoms with E-state index in [-0.39, 0.29) is 24.8 Å². The van der Waals surface area contributed by atoms with Crippen molar-refractivity contribution in [1.29, 1.82) is 0 Å². The van der Waals surface area contributed by atoms with Crippen molar-refractivity contribution in [1.82, 2.24) is 10.0 Å². The molecule has 0 heterocycles. The maximum atomic E-state index is 11.5. The summed E-state index contributed by atoms with van der Waals surface area (Å²) < 4.78 is 29.8. The normalized spacial score (nSPS) is 11.2. The first-order valence-corrected chi connectivity index (χ1v) is 7.87. The van der Waals surface area contributed by atoms with Crippen LogP contribution in [0.4, 0.5) is 0 Å². The third-order valence-electron chi connectivity index (χ3n) is 2.85. The van der Waals surface area contributed by atoms with Crippen LogP contribution >= 0.6 is 0 Å². The van der Waals surface area contributed by atoms with E-state index in [2.05, 4.69) is 10.0 Å². The highest BCUT2D eigenvalue weighted by Gasteiger charge is 2.08. The summed E-state index contributed by atoms with van der Waals surface area (Å²) in [5, 5.41) is 2.49. The minimum Gasteiger partial charge on any atom is -0.484 e. The van der Waals surface area contributed by atoms with E-state index in [9.17, 15) is 13.2 Å². The van der Waals surface area contributed by atoms with Crippen LogP contribution in [0, 0.1) is 13.8 Å². The van der Waals surface area contributed by atoms with Crippen molar-refractivity contribution >= 4 is 15.9 Å². The standard InChI is InChI=1S/C13H20N2O4S/c1-10-4-5-12(8-11(10)2)19-9-13(16)15-6-7-20(17,18)14-3/h4-5,8,14H,6-7,9H2,1-3H3,(H,15,16). The van der Waals surface area contributed by atoms with E-state index in [1.54, 1.807) is 6.07 Å². The maximum Gasteiger partial charge on any atom is 0.257 e. The Bertz CT molecular complexity index is 570. The Balaban J connectivity index is 2.35. The molecule has 7 heteroatoms. The number of hydrogen-bond acceptors (Lipinski definition) is 4. The Morgan fingerprint density at radius 1 is 1.25 bits per heavy atom. The lowest BCUT2D eigenvalue weighted by atomic mass is 10.1. The maximum absolute atomic E-state index is 11.5. The van der Waals surface area contributed by atoms with Crippen LogP contribution in [-0.2, 0) is 14.8 Å². The summed E-state index contributed by atoms with van der Waals surface area (Å²) in [5.74, 6) is 0.111. The molecular weight excluding hydrogens is 280 g/mol. The van der Waals surface area contributed by atoms with E-state index in [0.29, 0.717) is 5.75 Å². The number of amides is 1. The molecule has 20 heavy (non-hydrogen) atoms. The van der Waals surface area contributed by atoms with Crippen molar-refractivity contribution in [3.05, 3.63) is 29.3 Å². The molecule has 0 aliphatic heterocycles. The SMILES string of the molecule is CNS(=O)(=O)CCNC(=O)COc1ccc(C)c(C)c1. The molecule has 112 valence electrons. The second kappa shape index (κ2) is 7.25. The lowest BCUT2D eigenvalue weighted by Crippen LogP contribution is -2.35. The van der Waals surface area contributed by atoms with Gasteiger partial charge in [-0.1, -0.05) is 6.07 Å². The molecule has 0 fully saturated rings. The van der Waals surface area contributed by atoms with E-state index in [4.69, 9.17) is 4.74 Å². The molecule has 0 aliphatic carbocycles. The van der Waals surface area contributed by atoms with Gasteiger partial charge < -0.3 is 10.1 Å². The first kappa shape index (κ1) is 16.5. The highest BCUT2D eigenvalue weighted by atomic mass is 32.2. The van der Waals surface area contributed by atoms with Gasteiger partial charge in [0.1, 0.15) is 5.75 Å². The Labute approximate surface area is 119 Å². The van der Waals surface area contributed by atoms with Crippen LogP contribution in [0.1, 0.15) is 11.1 Å². The average molecular weight is 300 g/mol. The van der Waals surface area contributed by atoms with Crippen LogP contribution < -0.4 is 14.8 Å². The van der Waals surface area contributed by atoms with Crippen LogP contribution in [0.5, 0.6) is 5.75 Å². The molecule has 1 amide bonds. The molecule has 0 unspecified atom stereocenters. The van der Waals surface area contributed by atoms with Gasteiger partial charge in [0.15, 0.2) is 6.61 Å². The van der Waals surface area contributed by atoms with Crippen LogP contribution in [0.25, 0.3) is 0 Å². The molecule has 1 aromatic rings. The van der Waals surface area contributed by atoms with Gasteiger partial charge in [0.2, 0.25) is 10.0 Å². The highest BCUT2D eigenvalue weighted by molar-refractivity contribution is 7.89. The molecule has 0 saturated heterocycles. The molecule has 0 aromatic heterocycles. The fraction of sp³-hybridized carbons (Fsp3) is 0.462. The molecular formula is C13H20N2O4S. The van der Waals surface area contributed by atoms with Gasteiger partial charge in [-0.15, -0.1) is 0 Å². The topological polar surface area (TPSA) is 84.5 Å². The predicted octanol–water partition coefficient (Wildman–Crippen LogP) is 0.348. The fourth-order valence-corrected chi connectivity index (χ4v) is 2.01. The number of carbonyl (C=O) groups is 1. The Hall–Kier alpha value is -1.60. The summed E-state index contributed by atoms with van der Waals surface area (Å²) in [7, 11) is -1.96. The van der Waals surface area contributed by atoms with E-state index in [1.807, 2.05) is 26.0 Å². The van der Waals surface area contributed by atoms with Gasteiger partial charge in [0.25, 0.3) is 5.91 Å². The van der Waals surface area contributed by atoms with Crippen molar-refractivity contribution in [3.63, 3.8) is 0 Å². The minimum absolute atomic E-state index is 0.0539. The van der Waals surface area contributed by atoms with E-state index < -0.39 is 10.0 Å². The van der Waals surface area contributed by atoms with Crippen LogP contribution in [-0.4, -0.2) is 40.3 Å². The van der Waals surface area contributed by atoms with Gasteiger partial charge in [0, 0.05) is 6.54 Å². The van der Waals surface area contributed by atoms with Gasteiger partial charge >= 0.3 is 0 Å². The van der Waals surface area contributed by atoms with Crippen molar-refractivity contribution in [2.75, 3.05) is 26.0 Å². The zero-order valence-electron chi connectivity index (χ0n) is 11.9. The Morgan fingerprint density at radius 2 is 1.95 bits per heavy atom. The van der Waals surface area contributed by atoms with Crippen molar-refractivity contribution in [2.45, 2.75) is 13.8 Å². The third-order valence-corrected chi connectivity index (χ3v) is 4.22. The quantitative estimate of drug-likeness (QED) is 0.761. The molecule has 1 aromatic carbocycles. The molecule has 1 rings (SSSR count). The van der Waals surface area contributed by atoms with Crippen LogP contribution in [0.2, 0.25) is 0 Å². The summed E-state index contributed by atoms with van der Waals surface area (Å²) in [6.45, 7) is 3.87. The number of hydrogen-bond donors (Lipinski definition) is 2. The summed E-state index contributed by atoms with van der Waals surface area (Å²) in [4.78, 5) is 11.5. The Morgan fingerprint density at radius 3 is 2.55 bits per heavy atom. The Kier molecular flexibility index (Phi) is 5.97. The summed E-state index contributed by atoms with van der Waals surface area (Å²) in [5.41, 5.74) is 2.24. The average Bonchev–Trinajstić information content (AvgIpc) is 2.40. The third kappa shape index (κ3) is 5.58. The largest absolute Gasteiger partial charge is 0.484 e. The van der Waals surface area contributed by atoms with Crippen molar-refractivity contribution < 1.29 is 17.9 Å². The van der Waals surface area contributed by atoms with Gasteiger partial charge in [0.05, 0.1) is 5.75 Å². The van der Waals surface area contributed by atoms with Crippen molar-refractivity contribution in [3.8, 4) is 5.75 Å². The lowest BCUT2D eigenvalue weighted by Gasteiger charge is -2.09.